The van der Waals surface area contributed by atoms with Gasteiger partial charge in [0, 0.05) is 17.6 Å². The fourth-order valence-electron chi connectivity index (χ4n) is 5.18. The van der Waals surface area contributed by atoms with E-state index in [2.05, 4.69) is 23.3 Å². The Morgan fingerprint density at radius 2 is 2.04 bits per heavy atom. The van der Waals surface area contributed by atoms with Crippen LogP contribution in [-0.4, -0.2) is 17.4 Å². The Bertz CT molecular complexity index is 798. The van der Waals surface area contributed by atoms with Crippen molar-refractivity contribution < 1.29 is 4.79 Å². The Morgan fingerprint density at radius 3 is 2.80 bits per heavy atom. The van der Waals surface area contributed by atoms with Crippen molar-refractivity contribution in [1.29, 1.82) is 0 Å². The van der Waals surface area contributed by atoms with Gasteiger partial charge in [0.1, 0.15) is 0 Å². The molecule has 3 unspecified atom stereocenters. The number of nitrogens with one attached hydrogen (secondary N) is 1. The summed E-state index contributed by atoms with van der Waals surface area (Å²) in [4.78, 5) is 17.1. The van der Waals surface area contributed by atoms with E-state index in [1.54, 1.807) is 0 Å². The van der Waals surface area contributed by atoms with E-state index < -0.39 is 0 Å². The molecular formula is C22H28N2O. The predicted octanol–water partition coefficient (Wildman–Crippen LogP) is 4.34. The summed E-state index contributed by atoms with van der Waals surface area (Å²) >= 11 is 0. The van der Waals surface area contributed by atoms with E-state index in [4.69, 9.17) is 0 Å². The average molecular weight is 336 g/mol. The molecule has 0 aliphatic heterocycles. The summed E-state index contributed by atoms with van der Waals surface area (Å²) in [5.74, 6) is 2.91. The number of carbonyl (C=O) groups is 1. The van der Waals surface area contributed by atoms with Gasteiger partial charge in [-0.3, -0.25) is 9.78 Å². The maximum Gasteiger partial charge on any atom is 0.224 e. The fraction of sp³-hybridized carbons (Fsp3) is 0.545. The molecule has 1 aromatic carbocycles. The van der Waals surface area contributed by atoms with Gasteiger partial charge in [-0.1, -0.05) is 24.6 Å². The summed E-state index contributed by atoms with van der Waals surface area (Å²) in [6, 6.07) is 8.17. The van der Waals surface area contributed by atoms with E-state index in [9.17, 15) is 4.79 Å². The first-order valence-electron chi connectivity index (χ1n) is 9.73. The third kappa shape index (κ3) is 3.29. The number of para-hydroxylation sites is 1. The van der Waals surface area contributed by atoms with Crippen LogP contribution < -0.4 is 5.32 Å². The number of aromatic nitrogens is 1. The highest BCUT2D eigenvalue weighted by atomic mass is 16.1. The molecule has 132 valence electrons. The number of amides is 1. The lowest BCUT2D eigenvalue weighted by Gasteiger charge is -2.21. The number of benzene rings is 1. The summed E-state index contributed by atoms with van der Waals surface area (Å²) in [5, 5.41) is 4.30. The van der Waals surface area contributed by atoms with E-state index in [1.165, 1.54) is 31.2 Å². The second-order valence-corrected chi connectivity index (χ2v) is 8.07. The topological polar surface area (TPSA) is 42.0 Å². The second-order valence-electron chi connectivity index (χ2n) is 8.07. The van der Waals surface area contributed by atoms with Gasteiger partial charge in [-0.05, 0) is 74.5 Å². The van der Waals surface area contributed by atoms with Gasteiger partial charge in [0.25, 0.3) is 0 Å². The molecule has 0 saturated heterocycles. The zero-order chi connectivity index (χ0) is 17.4. The molecule has 0 radical (unpaired) electrons. The lowest BCUT2D eigenvalue weighted by molar-refractivity contribution is -0.120. The minimum absolute atomic E-state index is 0.131. The molecule has 1 heterocycles. The Hall–Kier alpha value is -1.90. The van der Waals surface area contributed by atoms with Crippen LogP contribution in [0.4, 0.5) is 0 Å². The van der Waals surface area contributed by atoms with E-state index >= 15 is 0 Å². The molecule has 2 aliphatic rings. The Balaban J connectivity index is 1.37. The summed E-state index contributed by atoms with van der Waals surface area (Å²) < 4.78 is 0. The van der Waals surface area contributed by atoms with Crippen molar-refractivity contribution in [2.24, 2.45) is 17.8 Å². The minimum Gasteiger partial charge on any atom is -0.356 e. The summed E-state index contributed by atoms with van der Waals surface area (Å²) in [6.45, 7) is 4.94. The number of carbonyl (C=O) groups excluding carboxylic acids is 1. The molecule has 1 N–H and O–H groups in total. The van der Waals surface area contributed by atoms with Crippen molar-refractivity contribution in [2.75, 3.05) is 6.54 Å². The normalized spacial score (nSPS) is 24.8. The van der Waals surface area contributed by atoms with E-state index in [1.807, 2.05) is 25.1 Å². The molecule has 2 aliphatic carbocycles. The Morgan fingerprint density at radius 1 is 1.20 bits per heavy atom. The van der Waals surface area contributed by atoms with Gasteiger partial charge in [0.2, 0.25) is 5.91 Å². The number of nitrogens with zero attached hydrogens (tertiary/aromatic N) is 1. The number of aryl methyl sites for hydroxylation is 2. The van der Waals surface area contributed by atoms with Crippen LogP contribution in [0.5, 0.6) is 0 Å². The third-order valence-electron chi connectivity index (χ3n) is 6.54. The van der Waals surface area contributed by atoms with Crippen molar-refractivity contribution in [1.82, 2.24) is 10.3 Å². The first-order chi connectivity index (χ1) is 12.1. The molecule has 3 nitrogen and oxygen atoms in total. The molecule has 25 heavy (non-hydrogen) atoms. The second kappa shape index (κ2) is 6.78. The van der Waals surface area contributed by atoms with E-state index in [0.29, 0.717) is 6.42 Å². The highest BCUT2D eigenvalue weighted by Crippen LogP contribution is 2.49. The highest BCUT2D eigenvalue weighted by Gasteiger charge is 2.38. The summed E-state index contributed by atoms with van der Waals surface area (Å²) in [5.41, 5.74) is 4.25. The predicted molar refractivity (Wildman–Crippen MR) is 101 cm³/mol. The van der Waals surface area contributed by atoms with Gasteiger partial charge in [-0.2, -0.15) is 0 Å². The lowest BCUT2D eigenvalue weighted by atomic mass is 9.86. The van der Waals surface area contributed by atoms with Crippen molar-refractivity contribution in [3.8, 4) is 0 Å². The molecule has 0 spiro atoms. The van der Waals surface area contributed by atoms with Crippen LogP contribution in [0.25, 0.3) is 10.9 Å². The van der Waals surface area contributed by atoms with Crippen LogP contribution in [-0.2, 0) is 11.2 Å². The number of fused-ring (bicyclic) bond motifs is 3. The van der Waals surface area contributed by atoms with Crippen molar-refractivity contribution in [3.05, 3.63) is 41.1 Å². The van der Waals surface area contributed by atoms with Crippen molar-refractivity contribution in [2.45, 2.75) is 52.4 Å². The van der Waals surface area contributed by atoms with Crippen LogP contribution in [0.3, 0.4) is 0 Å². The highest BCUT2D eigenvalue weighted by molar-refractivity contribution is 5.86. The van der Waals surface area contributed by atoms with Crippen LogP contribution in [0.15, 0.2) is 24.3 Å². The maximum absolute atomic E-state index is 12.4. The van der Waals surface area contributed by atoms with Crippen LogP contribution in [0, 0.1) is 31.6 Å². The number of rotatable bonds is 5. The van der Waals surface area contributed by atoms with Gasteiger partial charge in [-0.15, -0.1) is 0 Å². The first-order valence-corrected chi connectivity index (χ1v) is 9.73. The van der Waals surface area contributed by atoms with E-state index in [0.717, 1.165) is 52.9 Å². The standard InChI is InChI=1S/C22H28N2O/c1-14-19-5-3-4-6-21(19)24-15(2)20(14)13-22(25)23-10-9-18-12-16-7-8-17(18)11-16/h3-6,16-18H,7-13H2,1-2H3,(H,23,25). The van der Waals surface area contributed by atoms with Gasteiger partial charge in [0.05, 0.1) is 11.9 Å². The largest absolute Gasteiger partial charge is 0.356 e. The lowest BCUT2D eigenvalue weighted by Crippen LogP contribution is -2.29. The van der Waals surface area contributed by atoms with Crippen molar-refractivity contribution >= 4 is 16.8 Å². The average Bonchev–Trinajstić information content (AvgIpc) is 3.22. The number of hydrogen-bond donors (Lipinski definition) is 1. The van der Waals surface area contributed by atoms with Crippen LogP contribution in [0.1, 0.15) is 48.9 Å². The molecule has 2 fully saturated rings. The quantitative estimate of drug-likeness (QED) is 0.882. The zero-order valence-electron chi connectivity index (χ0n) is 15.3. The number of pyridine rings is 1. The SMILES string of the molecule is Cc1nc2ccccc2c(C)c1CC(=O)NCCC1CC2CCC1C2. The molecule has 3 atom stereocenters. The Labute approximate surface area is 150 Å². The number of hydrogen-bond acceptors (Lipinski definition) is 2. The minimum atomic E-state index is 0.131. The molecular weight excluding hydrogens is 308 g/mol. The Kier molecular flexibility index (Phi) is 4.49. The molecule has 4 rings (SSSR count). The van der Waals surface area contributed by atoms with Crippen molar-refractivity contribution in [3.63, 3.8) is 0 Å². The maximum atomic E-state index is 12.4. The van der Waals surface area contributed by atoms with Gasteiger partial charge in [-0.25, -0.2) is 0 Å². The van der Waals surface area contributed by atoms with Gasteiger partial charge >= 0.3 is 0 Å². The molecule has 2 saturated carbocycles. The zero-order valence-corrected chi connectivity index (χ0v) is 15.3. The monoisotopic (exact) mass is 336 g/mol. The first kappa shape index (κ1) is 16.6. The fourth-order valence-corrected chi connectivity index (χ4v) is 5.18. The summed E-state index contributed by atoms with van der Waals surface area (Å²) in [6.07, 6.45) is 7.30. The molecule has 1 amide bonds. The smallest absolute Gasteiger partial charge is 0.224 e. The molecule has 2 bridgehead atoms. The van der Waals surface area contributed by atoms with Gasteiger partial charge in [0.15, 0.2) is 0 Å². The molecule has 3 heteroatoms. The van der Waals surface area contributed by atoms with E-state index in [-0.39, 0.29) is 5.91 Å². The van der Waals surface area contributed by atoms with Crippen LogP contribution in [0.2, 0.25) is 0 Å². The van der Waals surface area contributed by atoms with Crippen LogP contribution >= 0.6 is 0 Å². The van der Waals surface area contributed by atoms with Gasteiger partial charge < -0.3 is 5.32 Å². The molecule has 1 aromatic heterocycles. The molecule has 2 aromatic rings. The summed E-state index contributed by atoms with van der Waals surface area (Å²) in [7, 11) is 0. The third-order valence-corrected chi connectivity index (χ3v) is 6.54.